The summed E-state index contributed by atoms with van der Waals surface area (Å²) in [4.78, 5) is 14.2. The number of hydrogen-bond donors (Lipinski definition) is 0. The monoisotopic (exact) mass is 691 g/mol. The predicted molar refractivity (Wildman–Crippen MR) is 211 cm³/mol. The number of hydrogen-bond acceptors (Lipinski definition) is 5. The van der Waals surface area contributed by atoms with Crippen LogP contribution in [0, 0.1) is 0 Å². The lowest BCUT2D eigenvalue weighted by Gasteiger charge is -2.11. The van der Waals surface area contributed by atoms with Gasteiger partial charge in [-0.3, -0.25) is 4.57 Å². The summed E-state index contributed by atoms with van der Waals surface area (Å²) < 4.78 is 194. The Bertz CT molecular complexity index is 4330. The van der Waals surface area contributed by atoms with Gasteiger partial charge in [0.15, 0.2) is 11.6 Å². The van der Waals surface area contributed by atoms with Crippen LogP contribution in [0.2, 0.25) is 0 Å². The normalized spacial score (nSPS) is 17.7. The SMILES string of the molecule is [2H]c1c([2H])c([2H])c(-c2c([2H])c([2H])c([2H])c3oc4c([2H])c(-c5nc(-c6ccccc6)nc(-n6c7c([2H])c([2H])c([2H])c([2H])c7c7c([2H])c([2H])c8sc9c([2H])c([2H])c([2H])c([2H])c9c8c76)n5)c([2H])c([2H])c4c23)c([2H])c1[2H]. The maximum Gasteiger partial charge on any atom is 0.238 e. The van der Waals surface area contributed by atoms with Gasteiger partial charge in [-0.2, -0.15) is 9.97 Å². The molecular weight excluding hydrogens is 645 g/mol. The van der Waals surface area contributed by atoms with E-state index in [4.69, 9.17) is 34.9 Å². The largest absolute Gasteiger partial charge is 0.456 e. The van der Waals surface area contributed by atoms with Crippen LogP contribution in [-0.2, 0) is 0 Å². The van der Waals surface area contributed by atoms with Crippen molar-refractivity contribution in [2.24, 2.45) is 0 Å². The first-order chi connectivity index (χ1) is 34.0. The van der Waals surface area contributed by atoms with E-state index >= 15 is 0 Å². The first-order valence-electron chi connectivity index (χ1n) is 25.7. The zero-order valence-electron chi connectivity index (χ0n) is 46.5. The molecule has 238 valence electrons. The molecule has 0 atom stereocenters. The quantitative estimate of drug-likeness (QED) is 0.184. The van der Waals surface area contributed by atoms with Crippen LogP contribution in [-0.4, -0.2) is 19.5 Å². The molecular formula is C45H26N4OS. The van der Waals surface area contributed by atoms with E-state index in [9.17, 15) is 8.22 Å². The maximum absolute atomic E-state index is 9.65. The fourth-order valence-corrected chi connectivity index (χ4v) is 7.19. The maximum atomic E-state index is 9.65. The number of rotatable bonds is 4. The van der Waals surface area contributed by atoms with E-state index < -0.39 is 167 Å². The standard InChI is InChI=1S/C45H26N4OS/c1-3-12-27(13-4-1)30-18-11-20-36-40(30)33-23-22-29(26-37(33)50-36)44-46-43(28-14-5-2-6-15-28)47-45(48-44)49-35-19-9-7-16-31(35)32-24-25-39-41(42(32)49)34-17-8-10-21-38(34)51-39/h1-26H/i1D,3D,4D,7D,8D,9D,10D,11D,12D,13D,16D,17D,18D,19D,20D,21D,22D,23D,24D,25D,26D. The molecule has 0 radical (unpaired) electrons. The van der Waals surface area contributed by atoms with E-state index in [1.807, 2.05) is 0 Å². The van der Waals surface area contributed by atoms with Crippen molar-refractivity contribution in [3.05, 3.63) is 157 Å². The average molecular weight is 692 g/mol. The van der Waals surface area contributed by atoms with E-state index in [1.54, 1.807) is 30.3 Å². The second-order valence-electron chi connectivity index (χ2n) is 11.2. The molecule has 0 aliphatic carbocycles. The van der Waals surface area contributed by atoms with Crippen molar-refractivity contribution in [1.29, 1.82) is 0 Å². The van der Waals surface area contributed by atoms with Crippen molar-refractivity contribution in [3.63, 3.8) is 0 Å². The third-order valence-electron chi connectivity index (χ3n) is 8.38. The highest BCUT2D eigenvalue weighted by Crippen LogP contribution is 2.43. The van der Waals surface area contributed by atoms with Gasteiger partial charge < -0.3 is 4.42 Å². The third kappa shape index (κ3) is 4.30. The topological polar surface area (TPSA) is 56.7 Å². The van der Waals surface area contributed by atoms with Crippen molar-refractivity contribution in [3.8, 4) is 39.9 Å². The van der Waals surface area contributed by atoms with Gasteiger partial charge >= 0.3 is 0 Å². The van der Waals surface area contributed by atoms with Crippen molar-refractivity contribution in [2.75, 3.05) is 0 Å². The molecule has 0 saturated heterocycles. The lowest BCUT2D eigenvalue weighted by Crippen LogP contribution is -2.06. The molecule has 0 spiro atoms. The lowest BCUT2D eigenvalue weighted by molar-refractivity contribution is 0.669. The summed E-state index contributed by atoms with van der Waals surface area (Å²) in [6.07, 6.45) is 0. The molecule has 0 fully saturated rings. The Kier molecular flexibility index (Phi) is 3.15. The van der Waals surface area contributed by atoms with Crippen LogP contribution in [0.15, 0.2) is 162 Å². The van der Waals surface area contributed by atoms with Crippen molar-refractivity contribution >= 4 is 75.3 Å². The Labute approximate surface area is 325 Å². The van der Waals surface area contributed by atoms with Gasteiger partial charge in [-0.15, -0.1) is 11.3 Å². The Hall–Kier alpha value is -6.63. The minimum absolute atomic E-state index is 0.00543. The Morgan fingerprint density at radius 2 is 1.29 bits per heavy atom. The Morgan fingerprint density at radius 1 is 0.529 bits per heavy atom. The number of thiophene rings is 1. The molecule has 0 bridgehead atoms. The molecule has 5 nitrogen and oxygen atoms in total. The number of benzene rings is 7. The highest BCUT2D eigenvalue weighted by Gasteiger charge is 2.22. The van der Waals surface area contributed by atoms with Crippen LogP contribution in [0.25, 0.3) is 104 Å². The number of para-hydroxylation sites is 1. The average Bonchev–Trinajstić information content (AvgIpc) is 4.08. The number of aromatic nitrogens is 4. The first-order valence-corrected chi connectivity index (χ1v) is 16.1. The fraction of sp³-hybridized carbons (Fsp3) is 0. The highest BCUT2D eigenvalue weighted by molar-refractivity contribution is 7.26. The van der Waals surface area contributed by atoms with E-state index in [0.717, 1.165) is 15.9 Å². The van der Waals surface area contributed by atoms with Gasteiger partial charge in [-0.1, -0.05) is 121 Å². The molecule has 4 heterocycles. The summed E-state index contributed by atoms with van der Waals surface area (Å²) in [5.74, 6) is -1.13. The van der Waals surface area contributed by atoms with Crippen LogP contribution < -0.4 is 0 Å². The summed E-state index contributed by atoms with van der Waals surface area (Å²) >= 11 is 0.805. The van der Waals surface area contributed by atoms with Gasteiger partial charge in [0, 0.05) is 52.8 Å². The molecule has 0 unspecified atom stereocenters. The first kappa shape index (κ1) is 14.7. The zero-order chi connectivity index (χ0) is 51.7. The van der Waals surface area contributed by atoms with Gasteiger partial charge in [0.2, 0.25) is 5.95 Å². The summed E-state index contributed by atoms with van der Waals surface area (Å²) in [5.41, 5.74) is -2.70. The van der Waals surface area contributed by atoms with Crippen molar-refractivity contribution < 1.29 is 33.2 Å². The molecule has 11 rings (SSSR count). The van der Waals surface area contributed by atoms with Crippen LogP contribution in [0.3, 0.4) is 0 Å². The van der Waals surface area contributed by atoms with Crippen LogP contribution in [0.1, 0.15) is 28.8 Å². The molecule has 7 aromatic carbocycles. The van der Waals surface area contributed by atoms with Gasteiger partial charge in [-0.05, 0) is 47.4 Å². The molecule has 0 aliphatic rings. The molecule has 0 aliphatic heterocycles. The molecule has 6 heteroatoms. The summed E-state index contributed by atoms with van der Waals surface area (Å²) in [6, 6.07) is -5.91. The van der Waals surface area contributed by atoms with Crippen molar-refractivity contribution in [2.45, 2.75) is 0 Å². The van der Waals surface area contributed by atoms with Crippen LogP contribution >= 0.6 is 11.3 Å². The van der Waals surface area contributed by atoms with E-state index in [2.05, 4.69) is 4.98 Å². The zero-order valence-corrected chi connectivity index (χ0v) is 26.3. The summed E-state index contributed by atoms with van der Waals surface area (Å²) in [6.45, 7) is 0. The summed E-state index contributed by atoms with van der Waals surface area (Å²) in [7, 11) is 0. The summed E-state index contributed by atoms with van der Waals surface area (Å²) in [5, 5.41) is -1.32. The van der Waals surface area contributed by atoms with Gasteiger partial charge in [0.1, 0.15) is 11.2 Å². The lowest BCUT2D eigenvalue weighted by atomic mass is 9.99. The van der Waals surface area contributed by atoms with Gasteiger partial charge in [0.05, 0.1) is 39.8 Å². The van der Waals surface area contributed by atoms with E-state index in [1.165, 1.54) is 0 Å². The Morgan fingerprint density at radius 3 is 2.18 bits per heavy atom. The molecule has 0 amide bonds. The van der Waals surface area contributed by atoms with Gasteiger partial charge in [-0.25, -0.2) is 4.98 Å². The second kappa shape index (κ2) is 10.9. The smallest absolute Gasteiger partial charge is 0.238 e. The molecule has 11 aromatic rings. The third-order valence-corrected chi connectivity index (χ3v) is 9.40. The number of nitrogens with zero attached hydrogens (tertiary/aromatic N) is 4. The second-order valence-corrected chi connectivity index (χ2v) is 12.2. The number of fused-ring (bicyclic) bond motifs is 10. The van der Waals surface area contributed by atoms with E-state index in [-0.39, 0.29) is 58.6 Å². The van der Waals surface area contributed by atoms with Gasteiger partial charge in [0.25, 0.3) is 0 Å². The molecule has 4 aromatic heterocycles. The number of furan rings is 1. The molecule has 51 heavy (non-hydrogen) atoms. The fourth-order valence-electron chi connectivity index (χ4n) is 6.22. The van der Waals surface area contributed by atoms with Crippen molar-refractivity contribution in [1.82, 2.24) is 19.5 Å². The Balaban J connectivity index is 1.32. The minimum Gasteiger partial charge on any atom is -0.456 e. The minimum atomic E-state index is -0.779. The van der Waals surface area contributed by atoms with Crippen LogP contribution in [0.5, 0.6) is 0 Å². The van der Waals surface area contributed by atoms with E-state index in [0.29, 0.717) is 5.56 Å². The molecule has 0 saturated carbocycles. The predicted octanol–water partition coefficient (Wildman–Crippen LogP) is 12.2. The molecule has 0 N–H and O–H groups in total. The van der Waals surface area contributed by atoms with Crippen LogP contribution in [0.4, 0.5) is 0 Å². The highest BCUT2D eigenvalue weighted by atomic mass is 32.1.